The second-order valence-electron chi connectivity index (χ2n) is 4.22. The Morgan fingerprint density at radius 1 is 1.06 bits per heavy atom. The minimum atomic E-state index is 0.822. The Morgan fingerprint density at radius 2 is 1.71 bits per heavy atom. The molecule has 0 spiro atoms. The van der Waals surface area contributed by atoms with Gasteiger partial charge in [0.2, 0.25) is 0 Å². The van der Waals surface area contributed by atoms with Gasteiger partial charge >= 0.3 is 0 Å². The van der Waals surface area contributed by atoms with Crippen molar-refractivity contribution in [2.45, 2.75) is 26.7 Å². The molecular weight excluding hydrogens is 278 g/mol. The standard InChI is InChI=1S/C14H22BrNO/c1-3-16(4-2)11-5-6-12-17-14-9-7-13(15)8-10-14/h7-10H,3-6,11-12H2,1-2H3/p+1. The summed E-state index contributed by atoms with van der Waals surface area (Å²) in [6.07, 6.45) is 2.38. The predicted octanol–water partition coefficient (Wildman–Crippen LogP) is 2.53. The topological polar surface area (TPSA) is 13.7 Å². The molecule has 0 aliphatic rings. The molecule has 96 valence electrons. The first-order valence-corrected chi connectivity index (χ1v) is 7.27. The van der Waals surface area contributed by atoms with Crippen LogP contribution in [0.4, 0.5) is 0 Å². The second kappa shape index (κ2) is 8.54. The Balaban J connectivity index is 2.10. The summed E-state index contributed by atoms with van der Waals surface area (Å²) in [4.78, 5) is 1.67. The molecule has 1 N–H and O–H groups in total. The highest BCUT2D eigenvalue weighted by atomic mass is 79.9. The van der Waals surface area contributed by atoms with Crippen molar-refractivity contribution in [2.24, 2.45) is 0 Å². The summed E-state index contributed by atoms with van der Waals surface area (Å²) >= 11 is 3.41. The minimum Gasteiger partial charge on any atom is -0.494 e. The smallest absolute Gasteiger partial charge is 0.119 e. The molecule has 0 amide bonds. The summed E-state index contributed by atoms with van der Waals surface area (Å²) in [5.41, 5.74) is 0. The van der Waals surface area contributed by atoms with Crippen molar-refractivity contribution >= 4 is 15.9 Å². The summed E-state index contributed by atoms with van der Waals surface area (Å²) in [6, 6.07) is 8.02. The first kappa shape index (κ1) is 14.5. The van der Waals surface area contributed by atoms with Crippen LogP contribution in [0.3, 0.4) is 0 Å². The fraction of sp³-hybridized carbons (Fsp3) is 0.571. The van der Waals surface area contributed by atoms with E-state index in [1.807, 2.05) is 24.3 Å². The van der Waals surface area contributed by atoms with Gasteiger partial charge in [-0.05, 0) is 51.0 Å². The molecule has 1 rings (SSSR count). The van der Waals surface area contributed by atoms with Crippen LogP contribution in [0.25, 0.3) is 0 Å². The normalized spacial score (nSPS) is 10.8. The molecule has 2 nitrogen and oxygen atoms in total. The minimum absolute atomic E-state index is 0.822. The largest absolute Gasteiger partial charge is 0.494 e. The van der Waals surface area contributed by atoms with Crippen LogP contribution in [0.2, 0.25) is 0 Å². The van der Waals surface area contributed by atoms with Gasteiger partial charge in [0.05, 0.1) is 26.2 Å². The number of hydrogen-bond acceptors (Lipinski definition) is 1. The third-order valence-corrected chi connectivity index (χ3v) is 3.54. The molecule has 0 fully saturated rings. The lowest BCUT2D eigenvalue weighted by atomic mass is 10.3. The molecule has 0 radical (unpaired) electrons. The average Bonchev–Trinajstić information content (AvgIpc) is 2.36. The van der Waals surface area contributed by atoms with Gasteiger partial charge in [0.15, 0.2) is 0 Å². The highest BCUT2D eigenvalue weighted by Gasteiger charge is 2.01. The maximum absolute atomic E-state index is 5.68. The highest BCUT2D eigenvalue weighted by molar-refractivity contribution is 9.10. The average molecular weight is 301 g/mol. The third kappa shape index (κ3) is 6.08. The van der Waals surface area contributed by atoms with Crippen LogP contribution in [0, 0.1) is 0 Å². The molecule has 0 aliphatic carbocycles. The first-order chi connectivity index (χ1) is 8.26. The summed E-state index contributed by atoms with van der Waals surface area (Å²) in [5.74, 6) is 0.961. The zero-order valence-corrected chi connectivity index (χ0v) is 12.4. The van der Waals surface area contributed by atoms with E-state index in [1.54, 1.807) is 4.90 Å². The number of rotatable bonds is 8. The van der Waals surface area contributed by atoms with Crippen LogP contribution in [-0.2, 0) is 0 Å². The summed E-state index contributed by atoms with van der Waals surface area (Å²) < 4.78 is 6.77. The number of ether oxygens (including phenoxy) is 1. The van der Waals surface area contributed by atoms with Crippen LogP contribution < -0.4 is 9.64 Å². The fourth-order valence-electron chi connectivity index (χ4n) is 1.80. The lowest BCUT2D eigenvalue weighted by molar-refractivity contribution is -0.896. The van der Waals surface area contributed by atoms with Crippen LogP contribution in [0.1, 0.15) is 26.7 Å². The van der Waals surface area contributed by atoms with E-state index < -0.39 is 0 Å². The third-order valence-electron chi connectivity index (χ3n) is 3.01. The van der Waals surface area contributed by atoms with Gasteiger partial charge < -0.3 is 9.64 Å². The predicted molar refractivity (Wildman–Crippen MR) is 75.8 cm³/mol. The first-order valence-electron chi connectivity index (χ1n) is 6.48. The Labute approximate surface area is 113 Å². The van der Waals surface area contributed by atoms with Gasteiger partial charge in [0.25, 0.3) is 0 Å². The van der Waals surface area contributed by atoms with Gasteiger partial charge in [-0.25, -0.2) is 0 Å². The van der Waals surface area contributed by atoms with Crippen molar-refractivity contribution in [3.63, 3.8) is 0 Å². The summed E-state index contributed by atoms with van der Waals surface area (Å²) in [6.45, 7) is 9.03. The number of halogens is 1. The number of nitrogens with one attached hydrogen (secondary N) is 1. The van der Waals surface area contributed by atoms with Crippen molar-refractivity contribution in [3.8, 4) is 5.75 Å². The second-order valence-corrected chi connectivity index (χ2v) is 5.13. The Morgan fingerprint density at radius 3 is 2.29 bits per heavy atom. The maximum atomic E-state index is 5.68. The highest BCUT2D eigenvalue weighted by Crippen LogP contribution is 2.16. The summed E-state index contributed by atoms with van der Waals surface area (Å²) in [5, 5.41) is 0. The number of benzene rings is 1. The van der Waals surface area contributed by atoms with Crippen LogP contribution in [0.15, 0.2) is 28.7 Å². The number of unbranched alkanes of at least 4 members (excludes halogenated alkanes) is 1. The molecule has 3 heteroatoms. The van der Waals surface area contributed by atoms with E-state index in [2.05, 4.69) is 29.8 Å². The van der Waals surface area contributed by atoms with Crippen molar-refractivity contribution in [3.05, 3.63) is 28.7 Å². The van der Waals surface area contributed by atoms with Crippen LogP contribution in [-0.4, -0.2) is 26.2 Å². The van der Waals surface area contributed by atoms with Crippen LogP contribution in [0.5, 0.6) is 5.75 Å². The molecule has 0 bridgehead atoms. The van der Waals surface area contributed by atoms with E-state index in [0.717, 1.165) is 23.2 Å². The molecule has 1 aromatic carbocycles. The Hall–Kier alpha value is -0.540. The van der Waals surface area contributed by atoms with E-state index in [0.29, 0.717) is 0 Å². The zero-order valence-electron chi connectivity index (χ0n) is 10.8. The van der Waals surface area contributed by atoms with Crippen LogP contribution >= 0.6 is 15.9 Å². The lowest BCUT2D eigenvalue weighted by Gasteiger charge is -2.15. The molecule has 0 aromatic heterocycles. The molecule has 0 saturated heterocycles. The lowest BCUT2D eigenvalue weighted by Crippen LogP contribution is -3.11. The molecule has 1 aromatic rings. The Bertz CT molecular complexity index is 296. The molecular formula is C14H23BrNO+. The van der Waals surface area contributed by atoms with E-state index >= 15 is 0 Å². The monoisotopic (exact) mass is 300 g/mol. The van der Waals surface area contributed by atoms with Crippen molar-refractivity contribution in [1.29, 1.82) is 0 Å². The Kier molecular flexibility index (Phi) is 7.29. The quantitative estimate of drug-likeness (QED) is 0.729. The molecule has 0 atom stereocenters. The molecule has 0 unspecified atom stereocenters. The van der Waals surface area contributed by atoms with E-state index in [1.165, 1.54) is 26.1 Å². The zero-order chi connectivity index (χ0) is 12.5. The SMILES string of the molecule is CC[NH+](CC)CCCCOc1ccc(Br)cc1. The van der Waals surface area contributed by atoms with Gasteiger partial charge in [0, 0.05) is 4.47 Å². The van der Waals surface area contributed by atoms with E-state index in [9.17, 15) is 0 Å². The fourth-order valence-corrected chi connectivity index (χ4v) is 2.07. The van der Waals surface area contributed by atoms with Crippen molar-refractivity contribution in [2.75, 3.05) is 26.2 Å². The number of quaternary nitrogens is 1. The molecule has 0 saturated carbocycles. The van der Waals surface area contributed by atoms with Crippen molar-refractivity contribution < 1.29 is 9.64 Å². The van der Waals surface area contributed by atoms with Gasteiger partial charge in [-0.15, -0.1) is 0 Å². The maximum Gasteiger partial charge on any atom is 0.119 e. The van der Waals surface area contributed by atoms with Crippen molar-refractivity contribution in [1.82, 2.24) is 0 Å². The van der Waals surface area contributed by atoms with Gasteiger partial charge in [-0.2, -0.15) is 0 Å². The van der Waals surface area contributed by atoms with Gasteiger partial charge in [-0.1, -0.05) is 15.9 Å². The van der Waals surface area contributed by atoms with E-state index in [-0.39, 0.29) is 0 Å². The van der Waals surface area contributed by atoms with Gasteiger partial charge in [0.1, 0.15) is 5.75 Å². The molecule has 17 heavy (non-hydrogen) atoms. The van der Waals surface area contributed by atoms with E-state index in [4.69, 9.17) is 4.74 Å². The molecule has 0 heterocycles. The van der Waals surface area contributed by atoms with Gasteiger partial charge in [-0.3, -0.25) is 0 Å². The number of hydrogen-bond donors (Lipinski definition) is 1. The molecule has 0 aliphatic heterocycles. The summed E-state index contributed by atoms with van der Waals surface area (Å²) in [7, 11) is 0.